The molecule has 222 valence electrons. The molecule has 9 nitrogen and oxygen atoms in total. The van der Waals surface area contributed by atoms with Crippen LogP contribution in [-0.4, -0.2) is 80.2 Å². The minimum atomic E-state index is -1.42. The van der Waals surface area contributed by atoms with Gasteiger partial charge in [-0.05, 0) is 64.0 Å². The van der Waals surface area contributed by atoms with Gasteiger partial charge in [-0.3, -0.25) is 9.59 Å². The van der Waals surface area contributed by atoms with Gasteiger partial charge in [0.1, 0.15) is 29.5 Å². The van der Waals surface area contributed by atoms with Gasteiger partial charge in [0.25, 0.3) is 0 Å². The number of aliphatic hydroxyl groups is 4. The number of rotatable bonds is 7. The second-order valence-corrected chi connectivity index (χ2v) is 11.7. The summed E-state index contributed by atoms with van der Waals surface area (Å²) in [6, 6.07) is 0. The van der Waals surface area contributed by atoms with Gasteiger partial charge in [-0.15, -0.1) is 0 Å². The zero-order chi connectivity index (χ0) is 29.5. The fourth-order valence-corrected chi connectivity index (χ4v) is 5.25. The smallest absolute Gasteiger partial charge is 0.309 e. The number of hydrogen-bond acceptors (Lipinski definition) is 9. The van der Waals surface area contributed by atoms with E-state index < -0.39 is 59.8 Å². The molecule has 0 bridgehead atoms. The standard InChI is InChI=1S/C30H48O9/c1-8-24-30(7,36)28(34)23(38-24)16-18(2)10-9-11-19(3)27-20(4)12-13-25(37-21(5)31)29(6,35)15-14-22(32)17-26(33)39-27/h9-13,18,20,22-25,27-28,32,34-36H,8,14-17H2,1-7H3/b10-9+,13-12+,19-11+. The summed E-state index contributed by atoms with van der Waals surface area (Å²) in [7, 11) is 0. The maximum Gasteiger partial charge on any atom is 0.309 e. The van der Waals surface area contributed by atoms with Crippen LogP contribution in [0.3, 0.4) is 0 Å². The molecule has 0 aliphatic carbocycles. The van der Waals surface area contributed by atoms with E-state index in [0.29, 0.717) is 12.8 Å². The molecule has 4 N–H and O–H groups in total. The highest BCUT2D eigenvalue weighted by Crippen LogP contribution is 2.35. The monoisotopic (exact) mass is 552 g/mol. The fourth-order valence-electron chi connectivity index (χ4n) is 5.25. The van der Waals surface area contributed by atoms with Crippen molar-refractivity contribution in [3.63, 3.8) is 0 Å². The van der Waals surface area contributed by atoms with Crippen LogP contribution < -0.4 is 0 Å². The van der Waals surface area contributed by atoms with Gasteiger partial charge in [0.2, 0.25) is 0 Å². The Morgan fingerprint density at radius 2 is 1.90 bits per heavy atom. The zero-order valence-electron chi connectivity index (χ0n) is 24.4. The van der Waals surface area contributed by atoms with Crippen LogP contribution in [-0.2, 0) is 23.8 Å². The molecule has 1 saturated heterocycles. The van der Waals surface area contributed by atoms with Gasteiger partial charge in [-0.25, -0.2) is 0 Å². The lowest BCUT2D eigenvalue weighted by molar-refractivity contribution is -0.157. The van der Waals surface area contributed by atoms with Crippen LogP contribution in [0.2, 0.25) is 0 Å². The van der Waals surface area contributed by atoms with Crippen molar-refractivity contribution in [3.05, 3.63) is 36.0 Å². The molecule has 2 aliphatic rings. The zero-order valence-corrected chi connectivity index (χ0v) is 24.4. The lowest BCUT2D eigenvalue weighted by Crippen LogP contribution is -2.45. The predicted molar refractivity (Wildman–Crippen MR) is 146 cm³/mol. The lowest BCUT2D eigenvalue weighted by atomic mass is 9.88. The third kappa shape index (κ3) is 9.25. The fraction of sp³-hybridized carbons (Fsp3) is 0.733. The largest absolute Gasteiger partial charge is 0.457 e. The number of esters is 2. The van der Waals surface area contributed by atoms with Crippen LogP contribution in [0.4, 0.5) is 0 Å². The molecule has 2 rings (SSSR count). The van der Waals surface area contributed by atoms with Gasteiger partial charge in [0, 0.05) is 12.8 Å². The highest BCUT2D eigenvalue weighted by atomic mass is 16.6. The van der Waals surface area contributed by atoms with Crippen LogP contribution in [0.5, 0.6) is 0 Å². The van der Waals surface area contributed by atoms with Crippen LogP contribution in [0.25, 0.3) is 0 Å². The Kier molecular flexibility index (Phi) is 11.9. The Morgan fingerprint density at radius 1 is 1.23 bits per heavy atom. The molecule has 2 aliphatic heterocycles. The Labute approximate surface area is 232 Å². The first-order valence-electron chi connectivity index (χ1n) is 13.9. The summed E-state index contributed by atoms with van der Waals surface area (Å²) in [5.41, 5.74) is -1.94. The second-order valence-electron chi connectivity index (χ2n) is 11.7. The molecule has 39 heavy (non-hydrogen) atoms. The van der Waals surface area contributed by atoms with Crippen molar-refractivity contribution in [3.8, 4) is 0 Å². The summed E-state index contributed by atoms with van der Waals surface area (Å²) in [6.07, 6.45) is 5.79. The number of carbonyl (C=O) groups excluding carboxylic acids is 2. The van der Waals surface area contributed by atoms with Gasteiger partial charge >= 0.3 is 11.9 Å². The molecule has 1 fully saturated rings. The molecule has 2 heterocycles. The topological polar surface area (TPSA) is 143 Å². The van der Waals surface area contributed by atoms with Crippen molar-refractivity contribution in [2.24, 2.45) is 11.8 Å². The predicted octanol–water partition coefficient (Wildman–Crippen LogP) is 3.14. The maximum absolute atomic E-state index is 12.6. The summed E-state index contributed by atoms with van der Waals surface area (Å²) in [6.45, 7) is 12.0. The van der Waals surface area contributed by atoms with E-state index in [1.54, 1.807) is 26.0 Å². The number of ether oxygens (including phenoxy) is 3. The maximum atomic E-state index is 12.6. The number of aliphatic hydroxyl groups excluding tert-OH is 2. The quantitative estimate of drug-likeness (QED) is 0.213. The van der Waals surface area contributed by atoms with E-state index in [2.05, 4.69) is 0 Å². The highest BCUT2D eigenvalue weighted by Gasteiger charge is 2.50. The van der Waals surface area contributed by atoms with E-state index in [1.807, 2.05) is 45.9 Å². The van der Waals surface area contributed by atoms with Crippen LogP contribution in [0.1, 0.15) is 80.6 Å². The summed E-state index contributed by atoms with van der Waals surface area (Å²) >= 11 is 0. The number of hydrogen-bond donors (Lipinski definition) is 4. The summed E-state index contributed by atoms with van der Waals surface area (Å²) in [5, 5.41) is 42.4. The van der Waals surface area contributed by atoms with Crippen molar-refractivity contribution in [2.45, 2.75) is 128 Å². The van der Waals surface area contributed by atoms with E-state index in [9.17, 15) is 30.0 Å². The first-order valence-corrected chi connectivity index (χ1v) is 13.9. The molecule has 0 aromatic heterocycles. The molecule has 0 aromatic rings. The molecule has 0 aromatic carbocycles. The Balaban J connectivity index is 2.19. The minimum Gasteiger partial charge on any atom is -0.457 e. The lowest BCUT2D eigenvalue weighted by Gasteiger charge is -2.32. The third-order valence-electron chi connectivity index (χ3n) is 7.78. The van der Waals surface area contributed by atoms with E-state index in [0.717, 1.165) is 5.57 Å². The van der Waals surface area contributed by atoms with E-state index in [4.69, 9.17) is 14.2 Å². The van der Waals surface area contributed by atoms with Gasteiger partial charge < -0.3 is 34.6 Å². The minimum absolute atomic E-state index is 0.0400. The van der Waals surface area contributed by atoms with Crippen molar-refractivity contribution >= 4 is 11.9 Å². The number of carbonyl (C=O) groups is 2. The van der Waals surface area contributed by atoms with Crippen molar-refractivity contribution in [1.82, 2.24) is 0 Å². The second kappa shape index (κ2) is 14.0. The summed E-state index contributed by atoms with van der Waals surface area (Å²) in [4.78, 5) is 24.3. The Morgan fingerprint density at radius 3 is 2.49 bits per heavy atom. The summed E-state index contributed by atoms with van der Waals surface area (Å²) in [5.74, 6) is -1.36. The Bertz CT molecular complexity index is 919. The first-order chi connectivity index (χ1) is 18.1. The molecule has 0 radical (unpaired) electrons. The number of cyclic esters (lactones) is 1. The van der Waals surface area contributed by atoms with Crippen LogP contribution in [0.15, 0.2) is 36.0 Å². The van der Waals surface area contributed by atoms with Crippen molar-refractivity contribution < 1.29 is 44.2 Å². The average Bonchev–Trinajstić information content (AvgIpc) is 3.05. The number of allylic oxidation sites excluding steroid dienone is 3. The van der Waals surface area contributed by atoms with Gasteiger partial charge in [0.05, 0.1) is 24.7 Å². The average molecular weight is 553 g/mol. The SMILES string of the molecule is CCC1OC(CC(C)/C=C/C=C(\C)C2OC(=O)CC(O)CCC(C)(O)C(OC(C)=O)/C=C/C2C)C(O)C1(C)O. The first kappa shape index (κ1) is 33.2. The molecule has 0 spiro atoms. The van der Waals surface area contributed by atoms with Gasteiger partial charge in [-0.1, -0.05) is 45.1 Å². The molecule has 10 atom stereocenters. The Hall–Kier alpha value is -2.04. The highest BCUT2D eigenvalue weighted by molar-refractivity contribution is 5.70. The molecule has 10 unspecified atom stereocenters. The van der Waals surface area contributed by atoms with E-state index >= 15 is 0 Å². The summed E-state index contributed by atoms with van der Waals surface area (Å²) < 4.78 is 17.0. The molecular weight excluding hydrogens is 504 g/mol. The molecule has 0 saturated carbocycles. The van der Waals surface area contributed by atoms with Crippen LogP contribution in [0, 0.1) is 11.8 Å². The molecular formula is C30H48O9. The third-order valence-corrected chi connectivity index (χ3v) is 7.78. The van der Waals surface area contributed by atoms with Crippen molar-refractivity contribution in [1.29, 1.82) is 0 Å². The molecule has 9 heteroatoms. The van der Waals surface area contributed by atoms with Crippen molar-refractivity contribution in [2.75, 3.05) is 0 Å². The normalized spacial score (nSPS) is 40.4. The van der Waals surface area contributed by atoms with Gasteiger partial charge in [0.15, 0.2) is 0 Å². The van der Waals surface area contributed by atoms with Crippen LogP contribution >= 0.6 is 0 Å². The van der Waals surface area contributed by atoms with E-state index in [1.165, 1.54) is 6.92 Å². The van der Waals surface area contributed by atoms with E-state index in [-0.39, 0.29) is 31.1 Å². The van der Waals surface area contributed by atoms with Gasteiger partial charge in [-0.2, -0.15) is 0 Å². The molecule has 0 amide bonds.